The Morgan fingerprint density at radius 1 is 1.10 bits per heavy atom. The fourth-order valence-corrected chi connectivity index (χ4v) is 2.86. The highest BCUT2D eigenvalue weighted by Gasteiger charge is 2.17. The Balaban J connectivity index is 1.59. The smallest absolute Gasteiger partial charge is 0.176 e. The average molecular weight is 275 g/mol. The van der Waals surface area contributed by atoms with Crippen molar-refractivity contribution in [1.29, 1.82) is 0 Å². The van der Waals surface area contributed by atoms with E-state index in [9.17, 15) is 4.79 Å². The van der Waals surface area contributed by atoms with Crippen molar-refractivity contribution in [2.45, 2.75) is 38.1 Å². The molecule has 1 aromatic carbocycles. The van der Waals surface area contributed by atoms with E-state index in [2.05, 4.69) is 5.32 Å². The average Bonchev–Trinajstić information content (AvgIpc) is 2.53. The van der Waals surface area contributed by atoms with Crippen LogP contribution in [0.25, 0.3) is 0 Å². The molecule has 0 saturated heterocycles. The summed E-state index contributed by atoms with van der Waals surface area (Å²) >= 11 is 0. The molecule has 0 aromatic heterocycles. The van der Waals surface area contributed by atoms with Crippen LogP contribution in [0.4, 0.5) is 0 Å². The van der Waals surface area contributed by atoms with Gasteiger partial charge >= 0.3 is 0 Å². The molecule has 20 heavy (non-hydrogen) atoms. The zero-order chi connectivity index (χ0) is 13.8. The van der Waals surface area contributed by atoms with Gasteiger partial charge in [-0.1, -0.05) is 19.3 Å². The molecule has 4 nitrogen and oxygen atoms in total. The van der Waals surface area contributed by atoms with Crippen LogP contribution in [0.2, 0.25) is 0 Å². The van der Waals surface area contributed by atoms with E-state index in [0.717, 1.165) is 5.75 Å². The molecule has 0 bridgehead atoms. The molecule has 1 heterocycles. The van der Waals surface area contributed by atoms with Crippen LogP contribution < -0.4 is 14.8 Å². The number of rotatable bonds is 4. The molecule has 108 valence electrons. The highest BCUT2D eigenvalue weighted by molar-refractivity contribution is 5.98. The van der Waals surface area contributed by atoms with Gasteiger partial charge in [0, 0.05) is 11.6 Å². The lowest BCUT2D eigenvalue weighted by molar-refractivity contribution is 0.0983. The Morgan fingerprint density at radius 2 is 1.85 bits per heavy atom. The second-order valence-electron chi connectivity index (χ2n) is 5.50. The third-order valence-corrected chi connectivity index (χ3v) is 4.02. The quantitative estimate of drug-likeness (QED) is 0.858. The first-order chi connectivity index (χ1) is 9.83. The highest BCUT2D eigenvalue weighted by atomic mass is 16.6. The maximum atomic E-state index is 12.2. The summed E-state index contributed by atoms with van der Waals surface area (Å²) in [6, 6.07) is 5.94. The van der Waals surface area contributed by atoms with Gasteiger partial charge in [0.2, 0.25) is 0 Å². The molecule has 0 amide bonds. The Labute approximate surface area is 119 Å². The molecule has 1 N–H and O–H groups in total. The van der Waals surface area contributed by atoms with Crippen LogP contribution >= 0.6 is 0 Å². The molecule has 1 aliphatic carbocycles. The summed E-state index contributed by atoms with van der Waals surface area (Å²) in [5, 5.41) is 3.38. The standard InChI is InChI=1S/C16H21NO3/c18-14(11-17-13-4-2-1-3-5-13)12-6-7-15-16(10-12)20-9-8-19-15/h6-7,10,13,17H,1-5,8-9,11H2. The number of ether oxygens (including phenoxy) is 2. The number of fused-ring (bicyclic) bond motifs is 1. The number of carbonyl (C=O) groups excluding carboxylic acids is 1. The fraction of sp³-hybridized carbons (Fsp3) is 0.562. The van der Waals surface area contributed by atoms with Gasteiger partial charge < -0.3 is 14.8 Å². The van der Waals surface area contributed by atoms with Crippen molar-refractivity contribution in [3.05, 3.63) is 23.8 Å². The van der Waals surface area contributed by atoms with Gasteiger partial charge in [0.15, 0.2) is 17.3 Å². The van der Waals surface area contributed by atoms with Gasteiger partial charge in [-0.3, -0.25) is 4.79 Å². The number of hydrogen-bond acceptors (Lipinski definition) is 4. The summed E-state index contributed by atoms with van der Waals surface area (Å²) < 4.78 is 11.0. The summed E-state index contributed by atoms with van der Waals surface area (Å²) in [6.07, 6.45) is 6.25. The van der Waals surface area contributed by atoms with E-state index in [1.54, 1.807) is 6.07 Å². The van der Waals surface area contributed by atoms with Gasteiger partial charge in [-0.05, 0) is 31.0 Å². The lowest BCUT2D eigenvalue weighted by Crippen LogP contribution is -2.35. The third-order valence-electron chi connectivity index (χ3n) is 4.02. The number of carbonyl (C=O) groups is 1. The Kier molecular flexibility index (Phi) is 4.21. The molecule has 0 unspecified atom stereocenters. The van der Waals surface area contributed by atoms with Crippen molar-refractivity contribution in [2.24, 2.45) is 0 Å². The zero-order valence-electron chi connectivity index (χ0n) is 11.7. The summed E-state index contributed by atoms with van der Waals surface area (Å²) in [5.41, 5.74) is 0.692. The molecule has 2 aliphatic rings. The third kappa shape index (κ3) is 3.12. The topological polar surface area (TPSA) is 47.6 Å². The minimum absolute atomic E-state index is 0.118. The summed E-state index contributed by atoms with van der Waals surface area (Å²) in [5.74, 6) is 1.53. The normalized spacial score (nSPS) is 18.8. The predicted molar refractivity (Wildman–Crippen MR) is 76.6 cm³/mol. The molecule has 0 radical (unpaired) electrons. The van der Waals surface area contributed by atoms with Gasteiger partial charge in [-0.25, -0.2) is 0 Å². The molecule has 0 atom stereocenters. The van der Waals surface area contributed by atoms with E-state index in [4.69, 9.17) is 9.47 Å². The molecule has 4 heteroatoms. The van der Waals surface area contributed by atoms with Gasteiger partial charge in [-0.2, -0.15) is 0 Å². The number of Topliss-reactive ketones (excluding diaryl/α,β-unsaturated/α-hetero) is 1. The molecule has 1 aromatic rings. The number of benzene rings is 1. The molecule has 1 aliphatic heterocycles. The zero-order valence-corrected chi connectivity index (χ0v) is 11.7. The molecule has 1 fully saturated rings. The monoisotopic (exact) mass is 275 g/mol. The Bertz CT molecular complexity index is 481. The van der Waals surface area contributed by atoms with Crippen molar-refractivity contribution in [3.8, 4) is 11.5 Å². The SMILES string of the molecule is O=C(CNC1CCCCC1)c1ccc2c(c1)OCCO2. The van der Waals surface area contributed by atoms with Crippen molar-refractivity contribution in [2.75, 3.05) is 19.8 Å². The molecular formula is C16H21NO3. The van der Waals surface area contributed by atoms with Gasteiger partial charge in [0.1, 0.15) is 13.2 Å². The molecular weight excluding hydrogens is 254 g/mol. The maximum Gasteiger partial charge on any atom is 0.176 e. The fourth-order valence-electron chi connectivity index (χ4n) is 2.86. The van der Waals surface area contributed by atoms with Crippen molar-refractivity contribution in [3.63, 3.8) is 0 Å². The largest absolute Gasteiger partial charge is 0.486 e. The first-order valence-electron chi connectivity index (χ1n) is 7.49. The second kappa shape index (κ2) is 6.27. The second-order valence-corrected chi connectivity index (χ2v) is 5.50. The molecule has 3 rings (SSSR count). The number of hydrogen-bond donors (Lipinski definition) is 1. The van der Waals surface area contributed by atoms with Crippen LogP contribution in [-0.4, -0.2) is 31.6 Å². The first kappa shape index (κ1) is 13.4. The van der Waals surface area contributed by atoms with Crippen LogP contribution in [0, 0.1) is 0 Å². The van der Waals surface area contributed by atoms with Crippen LogP contribution in [0.5, 0.6) is 11.5 Å². The lowest BCUT2D eigenvalue weighted by Gasteiger charge is -2.22. The minimum atomic E-state index is 0.118. The van der Waals surface area contributed by atoms with E-state index in [0.29, 0.717) is 37.1 Å². The van der Waals surface area contributed by atoms with Gasteiger partial charge in [-0.15, -0.1) is 0 Å². The Morgan fingerprint density at radius 3 is 2.65 bits per heavy atom. The number of ketones is 1. The van der Waals surface area contributed by atoms with Gasteiger partial charge in [0.25, 0.3) is 0 Å². The van der Waals surface area contributed by atoms with Crippen LogP contribution in [0.1, 0.15) is 42.5 Å². The molecule has 1 saturated carbocycles. The van der Waals surface area contributed by atoms with Crippen LogP contribution in [0.3, 0.4) is 0 Å². The van der Waals surface area contributed by atoms with Crippen LogP contribution in [0.15, 0.2) is 18.2 Å². The predicted octanol–water partition coefficient (Wildman–Crippen LogP) is 2.56. The highest BCUT2D eigenvalue weighted by Crippen LogP contribution is 2.30. The summed E-state index contributed by atoms with van der Waals surface area (Å²) in [6.45, 7) is 1.53. The Hall–Kier alpha value is -1.55. The molecule has 0 spiro atoms. The van der Waals surface area contributed by atoms with E-state index in [-0.39, 0.29) is 5.78 Å². The number of nitrogens with one attached hydrogen (secondary N) is 1. The van der Waals surface area contributed by atoms with E-state index >= 15 is 0 Å². The maximum absolute atomic E-state index is 12.2. The van der Waals surface area contributed by atoms with E-state index in [1.807, 2.05) is 12.1 Å². The van der Waals surface area contributed by atoms with Crippen molar-refractivity contribution < 1.29 is 14.3 Å². The first-order valence-corrected chi connectivity index (χ1v) is 7.49. The summed E-state index contributed by atoms with van der Waals surface area (Å²) in [4.78, 5) is 12.2. The lowest BCUT2D eigenvalue weighted by atomic mass is 9.95. The van der Waals surface area contributed by atoms with Crippen LogP contribution in [-0.2, 0) is 0 Å². The minimum Gasteiger partial charge on any atom is -0.486 e. The van der Waals surface area contributed by atoms with E-state index < -0.39 is 0 Å². The van der Waals surface area contributed by atoms with Crippen molar-refractivity contribution >= 4 is 5.78 Å². The van der Waals surface area contributed by atoms with Gasteiger partial charge in [0.05, 0.1) is 6.54 Å². The van der Waals surface area contributed by atoms with Crippen molar-refractivity contribution in [1.82, 2.24) is 5.32 Å². The summed E-state index contributed by atoms with van der Waals surface area (Å²) in [7, 11) is 0. The van der Waals surface area contributed by atoms with E-state index in [1.165, 1.54) is 32.1 Å².